The molecule has 5 nitrogen and oxygen atoms in total. The summed E-state index contributed by atoms with van der Waals surface area (Å²) in [6.07, 6.45) is -0.495. The van der Waals surface area contributed by atoms with E-state index in [9.17, 15) is 5.11 Å². The first-order valence-corrected chi connectivity index (χ1v) is 9.73. The Kier molecular flexibility index (Phi) is 7.98. The van der Waals surface area contributed by atoms with Crippen molar-refractivity contribution in [3.8, 4) is 5.06 Å². The Morgan fingerprint density at radius 1 is 1.27 bits per heavy atom. The van der Waals surface area contributed by atoms with E-state index in [0.29, 0.717) is 13.2 Å². The van der Waals surface area contributed by atoms with Crippen LogP contribution >= 0.6 is 35.3 Å². The van der Waals surface area contributed by atoms with Crippen molar-refractivity contribution < 1.29 is 9.84 Å². The minimum atomic E-state index is -0.495. The van der Waals surface area contributed by atoms with E-state index in [2.05, 4.69) is 27.8 Å². The maximum absolute atomic E-state index is 10.2. The van der Waals surface area contributed by atoms with Crippen molar-refractivity contribution in [2.24, 2.45) is 0 Å². The van der Waals surface area contributed by atoms with Gasteiger partial charge in [-0.2, -0.15) is 0 Å². The molecule has 0 saturated carbocycles. The van der Waals surface area contributed by atoms with Crippen LogP contribution in [-0.2, 0) is 0 Å². The highest BCUT2D eigenvalue weighted by Crippen LogP contribution is 2.25. The highest BCUT2D eigenvalue weighted by atomic mass is 35.5. The summed E-state index contributed by atoms with van der Waals surface area (Å²) in [5.41, 5.74) is 5.08. The number of halogens is 2. The lowest BCUT2D eigenvalue weighted by Crippen LogP contribution is -2.49. The van der Waals surface area contributed by atoms with Crippen LogP contribution in [0.5, 0.6) is 5.06 Å². The minimum absolute atomic E-state index is 0. The Hall–Kier alpha value is -1.05. The average Bonchev–Trinajstić information content (AvgIpc) is 2.99. The molecule has 3 rings (SSSR count). The zero-order valence-electron chi connectivity index (χ0n) is 15.0. The lowest BCUT2D eigenvalue weighted by atomic mass is 10.1. The number of aryl methyl sites for hydroxylation is 2. The molecule has 1 aromatic carbocycles. The molecule has 1 aliphatic rings. The lowest BCUT2D eigenvalue weighted by molar-refractivity contribution is 0.0673. The fraction of sp³-hybridized carbons (Fsp3) is 0.500. The summed E-state index contributed by atoms with van der Waals surface area (Å²) >= 11 is 7.51. The van der Waals surface area contributed by atoms with Crippen LogP contribution in [0, 0.1) is 13.8 Å². The van der Waals surface area contributed by atoms with Crippen molar-refractivity contribution in [2.75, 3.05) is 44.2 Å². The van der Waals surface area contributed by atoms with E-state index in [-0.39, 0.29) is 12.4 Å². The zero-order chi connectivity index (χ0) is 17.8. The third-order valence-electron chi connectivity index (χ3n) is 4.45. The van der Waals surface area contributed by atoms with Crippen molar-refractivity contribution in [3.63, 3.8) is 0 Å². The minimum Gasteiger partial charge on any atom is -0.480 e. The molecule has 1 N–H and O–H groups in total. The first kappa shape index (κ1) is 21.3. The summed E-state index contributed by atoms with van der Waals surface area (Å²) in [6.45, 7) is 8.70. The molecule has 1 aliphatic heterocycles. The second kappa shape index (κ2) is 9.76. The van der Waals surface area contributed by atoms with Gasteiger partial charge in [-0.1, -0.05) is 22.9 Å². The van der Waals surface area contributed by atoms with Gasteiger partial charge >= 0.3 is 0 Å². The quantitative estimate of drug-likeness (QED) is 0.780. The van der Waals surface area contributed by atoms with Gasteiger partial charge in [0, 0.05) is 43.4 Å². The number of hydrogen-bond donors (Lipinski definition) is 1. The highest BCUT2D eigenvalue weighted by Gasteiger charge is 2.21. The van der Waals surface area contributed by atoms with Crippen molar-refractivity contribution in [1.29, 1.82) is 0 Å². The number of nitrogens with zero attached hydrogens (tertiary/aromatic N) is 3. The molecule has 0 amide bonds. The zero-order valence-corrected chi connectivity index (χ0v) is 17.4. The fourth-order valence-corrected chi connectivity index (χ4v) is 3.99. The second-order valence-electron chi connectivity index (χ2n) is 6.41. The number of aliphatic hydroxyl groups excluding tert-OH is 1. The monoisotopic (exact) mass is 417 g/mol. The second-order valence-corrected chi connectivity index (χ2v) is 7.66. The van der Waals surface area contributed by atoms with Gasteiger partial charge in [0.2, 0.25) is 0 Å². The van der Waals surface area contributed by atoms with Crippen molar-refractivity contribution in [1.82, 2.24) is 9.88 Å². The summed E-state index contributed by atoms with van der Waals surface area (Å²) in [6, 6.07) is 6.04. The Balaban J connectivity index is 0.00000243. The maximum atomic E-state index is 10.2. The molecule has 1 unspecified atom stereocenters. The van der Waals surface area contributed by atoms with Crippen molar-refractivity contribution in [3.05, 3.63) is 40.0 Å². The van der Waals surface area contributed by atoms with Gasteiger partial charge in [-0.05, 0) is 37.6 Å². The Bertz CT molecular complexity index is 705. The summed E-state index contributed by atoms with van der Waals surface area (Å²) in [5.74, 6) is 0. The van der Waals surface area contributed by atoms with Gasteiger partial charge in [0.15, 0.2) is 5.06 Å². The number of rotatable bonds is 6. The van der Waals surface area contributed by atoms with E-state index >= 15 is 0 Å². The smallest absolute Gasteiger partial charge is 0.197 e. The third kappa shape index (κ3) is 5.47. The number of ether oxygens (including phenoxy) is 1. The Morgan fingerprint density at radius 3 is 2.62 bits per heavy atom. The number of thiazole rings is 1. The first-order valence-electron chi connectivity index (χ1n) is 8.47. The molecule has 2 heterocycles. The summed E-state index contributed by atoms with van der Waals surface area (Å²) in [5, 5.41) is 11.8. The van der Waals surface area contributed by atoms with Crippen molar-refractivity contribution in [2.45, 2.75) is 20.0 Å². The van der Waals surface area contributed by atoms with E-state index < -0.39 is 6.10 Å². The molecular formula is C18H25Cl2N3O2S. The van der Waals surface area contributed by atoms with Crippen LogP contribution < -0.4 is 9.64 Å². The molecule has 26 heavy (non-hydrogen) atoms. The van der Waals surface area contributed by atoms with Gasteiger partial charge in [0.25, 0.3) is 0 Å². The van der Waals surface area contributed by atoms with E-state index in [1.54, 1.807) is 5.51 Å². The number of β-amino-alcohol motifs (C(OH)–C–C–N with tert-alkyl or cyclic N) is 1. The van der Waals surface area contributed by atoms with Gasteiger partial charge in [-0.15, -0.1) is 12.4 Å². The number of benzene rings is 1. The fourth-order valence-electron chi connectivity index (χ4n) is 3.10. The van der Waals surface area contributed by atoms with Crippen LogP contribution in [0.15, 0.2) is 23.7 Å². The molecule has 1 atom stereocenters. The predicted octanol–water partition coefficient (Wildman–Crippen LogP) is 3.40. The van der Waals surface area contributed by atoms with E-state index in [4.69, 9.17) is 16.3 Å². The van der Waals surface area contributed by atoms with Crippen LogP contribution in [-0.4, -0.2) is 60.4 Å². The SMILES string of the molecule is Cc1cc(Cl)ccc1N1CCN(CC(O)COc2scnc2C)CC1.Cl. The summed E-state index contributed by atoms with van der Waals surface area (Å²) < 4.78 is 5.65. The molecular weight excluding hydrogens is 393 g/mol. The van der Waals surface area contributed by atoms with Crippen LogP contribution in [0.2, 0.25) is 5.02 Å². The van der Waals surface area contributed by atoms with Gasteiger partial charge < -0.3 is 14.7 Å². The van der Waals surface area contributed by atoms with Crippen LogP contribution in [0.1, 0.15) is 11.3 Å². The Morgan fingerprint density at radius 2 is 2.00 bits per heavy atom. The third-order valence-corrected chi connectivity index (χ3v) is 5.52. The van der Waals surface area contributed by atoms with Crippen LogP contribution in [0.25, 0.3) is 0 Å². The van der Waals surface area contributed by atoms with E-state index in [1.165, 1.54) is 22.6 Å². The molecule has 1 fully saturated rings. The average molecular weight is 418 g/mol. The highest BCUT2D eigenvalue weighted by molar-refractivity contribution is 7.11. The normalized spacial score (nSPS) is 16.2. The lowest BCUT2D eigenvalue weighted by Gasteiger charge is -2.37. The van der Waals surface area contributed by atoms with Crippen LogP contribution in [0.3, 0.4) is 0 Å². The van der Waals surface area contributed by atoms with Gasteiger partial charge in [0.05, 0.1) is 11.2 Å². The topological polar surface area (TPSA) is 48.8 Å². The number of piperazine rings is 1. The molecule has 0 spiro atoms. The summed E-state index contributed by atoms with van der Waals surface area (Å²) in [4.78, 5) is 8.82. The molecule has 0 aliphatic carbocycles. The van der Waals surface area contributed by atoms with Crippen molar-refractivity contribution >= 4 is 41.0 Å². The van der Waals surface area contributed by atoms with Gasteiger partial charge in [0.1, 0.15) is 12.7 Å². The largest absolute Gasteiger partial charge is 0.480 e. The molecule has 0 bridgehead atoms. The molecule has 8 heteroatoms. The van der Waals surface area contributed by atoms with Crippen LogP contribution in [0.4, 0.5) is 5.69 Å². The maximum Gasteiger partial charge on any atom is 0.197 e. The predicted molar refractivity (Wildman–Crippen MR) is 110 cm³/mol. The number of hydrogen-bond acceptors (Lipinski definition) is 6. The van der Waals surface area contributed by atoms with Gasteiger partial charge in [-0.3, -0.25) is 4.90 Å². The number of aromatic nitrogens is 1. The Labute approximate surface area is 170 Å². The molecule has 1 aromatic heterocycles. The molecule has 144 valence electrons. The molecule has 1 saturated heterocycles. The molecule has 2 aromatic rings. The first-order chi connectivity index (χ1) is 12.0. The number of aliphatic hydroxyl groups is 1. The van der Waals surface area contributed by atoms with E-state index in [0.717, 1.165) is 42.0 Å². The standard InChI is InChI=1S/C18H24ClN3O2S.ClH/c1-13-9-15(19)3-4-17(13)22-7-5-21(6-8-22)10-16(23)11-24-18-14(2)20-12-25-18;/h3-4,9,12,16,23H,5-8,10-11H2,1-2H3;1H. The molecule has 0 radical (unpaired) electrons. The summed E-state index contributed by atoms with van der Waals surface area (Å²) in [7, 11) is 0. The van der Waals surface area contributed by atoms with E-state index in [1.807, 2.05) is 19.1 Å². The van der Waals surface area contributed by atoms with Gasteiger partial charge in [-0.25, -0.2) is 4.98 Å². The number of anilines is 1.